The molecule has 1 rings (SSSR count). The highest BCUT2D eigenvalue weighted by atomic mass is 16.6. The van der Waals surface area contributed by atoms with Crippen LogP contribution in [0.2, 0.25) is 0 Å². The van der Waals surface area contributed by atoms with Gasteiger partial charge in [-0.3, -0.25) is 4.79 Å². The van der Waals surface area contributed by atoms with Crippen LogP contribution in [0.25, 0.3) is 0 Å². The first kappa shape index (κ1) is 10.7. The fourth-order valence-corrected chi connectivity index (χ4v) is 0.449. The van der Waals surface area contributed by atoms with E-state index in [9.17, 15) is 9.59 Å². The summed E-state index contributed by atoms with van der Waals surface area (Å²) in [4.78, 5) is 19.5. The van der Waals surface area contributed by atoms with E-state index >= 15 is 0 Å². The number of ether oxygens (including phenoxy) is 1. The Morgan fingerprint density at radius 1 is 1.75 bits per heavy atom. The van der Waals surface area contributed by atoms with E-state index in [1.807, 2.05) is 6.92 Å². The number of carboxylic acid groups (broad SMARTS) is 1. The molecule has 4 nitrogen and oxygen atoms in total. The average molecular weight is 172 g/mol. The highest BCUT2D eigenvalue weighted by molar-refractivity contribution is 5.84. The highest BCUT2D eigenvalue weighted by Crippen LogP contribution is 2.10. The second-order valence-electron chi connectivity index (χ2n) is 2.59. The van der Waals surface area contributed by atoms with Gasteiger partial charge < -0.3 is 9.84 Å². The normalized spacial score (nSPS) is 19.5. The van der Waals surface area contributed by atoms with Gasteiger partial charge in [0, 0.05) is 5.57 Å². The molecule has 0 amide bonds. The fraction of sp³-hybridized carbons (Fsp3) is 0.500. The first-order chi connectivity index (χ1) is 5.43. The Morgan fingerprint density at radius 2 is 2.08 bits per heavy atom. The van der Waals surface area contributed by atoms with Gasteiger partial charge in [0.1, 0.15) is 6.10 Å². The molecule has 0 bridgehead atoms. The largest absolute Gasteiger partial charge is 0.478 e. The van der Waals surface area contributed by atoms with Crippen LogP contribution in [0.5, 0.6) is 0 Å². The number of carbonyl (C=O) groups is 2. The minimum Gasteiger partial charge on any atom is -0.478 e. The second-order valence-corrected chi connectivity index (χ2v) is 2.59. The lowest BCUT2D eigenvalue weighted by Crippen LogP contribution is -2.29. The number of carboxylic acids is 1. The van der Waals surface area contributed by atoms with Crippen molar-refractivity contribution in [2.75, 3.05) is 0 Å². The van der Waals surface area contributed by atoms with Gasteiger partial charge in [-0.2, -0.15) is 0 Å². The molecule has 1 aliphatic rings. The minimum absolute atomic E-state index is 0.0671. The molecule has 68 valence electrons. The Kier molecular flexibility index (Phi) is 4.04. The maximum absolute atomic E-state index is 9.89. The van der Waals surface area contributed by atoms with Gasteiger partial charge >= 0.3 is 11.9 Å². The molecule has 0 aromatic rings. The first-order valence-corrected chi connectivity index (χ1v) is 3.51. The summed E-state index contributed by atoms with van der Waals surface area (Å²) in [5.41, 5.74) is 0.176. The van der Waals surface area contributed by atoms with Crippen molar-refractivity contribution in [3.8, 4) is 0 Å². The topological polar surface area (TPSA) is 63.6 Å². The maximum Gasteiger partial charge on any atom is 0.330 e. The fourth-order valence-electron chi connectivity index (χ4n) is 0.449. The first-order valence-electron chi connectivity index (χ1n) is 3.51. The Labute approximate surface area is 70.8 Å². The molecule has 1 heterocycles. The number of aliphatic carboxylic acids is 1. The minimum atomic E-state index is -0.935. The lowest BCUT2D eigenvalue weighted by atomic mass is 10.2. The summed E-state index contributed by atoms with van der Waals surface area (Å²) in [5, 5.41) is 7.89. The molecular weight excluding hydrogens is 160 g/mol. The van der Waals surface area contributed by atoms with Crippen molar-refractivity contribution in [2.24, 2.45) is 0 Å². The lowest BCUT2D eigenvalue weighted by molar-refractivity contribution is -0.167. The zero-order chi connectivity index (χ0) is 9.72. The number of rotatable bonds is 1. The molecule has 1 unspecified atom stereocenters. The van der Waals surface area contributed by atoms with E-state index in [2.05, 4.69) is 11.3 Å². The van der Waals surface area contributed by atoms with Crippen LogP contribution >= 0.6 is 0 Å². The summed E-state index contributed by atoms with van der Waals surface area (Å²) < 4.78 is 4.50. The van der Waals surface area contributed by atoms with Gasteiger partial charge in [0.2, 0.25) is 0 Å². The zero-order valence-electron chi connectivity index (χ0n) is 7.16. The van der Waals surface area contributed by atoms with E-state index in [1.165, 1.54) is 6.92 Å². The molecular formula is C8H12O4. The van der Waals surface area contributed by atoms with Crippen LogP contribution in [0.1, 0.15) is 20.3 Å². The smallest absolute Gasteiger partial charge is 0.330 e. The second kappa shape index (κ2) is 4.54. The van der Waals surface area contributed by atoms with E-state index in [1.54, 1.807) is 0 Å². The number of esters is 1. The molecule has 1 saturated heterocycles. The molecule has 0 radical (unpaired) electrons. The monoisotopic (exact) mass is 172 g/mol. The maximum atomic E-state index is 9.89. The Balaban J connectivity index is 0.000000202. The van der Waals surface area contributed by atoms with Crippen molar-refractivity contribution in [3.05, 3.63) is 12.2 Å². The van der Waals surface area contributed by atoms with Crippen molar-refractivity contribution in [3.63, 3.8) is 0 Å². The van der Waals surface area contributed by atoms with E-state index in [0.29, 0.717) is 6.42 Å². The van der Waals surface area contributed by atoms with Gasteiger partial charge in [-0.1, -0.05) is 6.58 Å². The van der Waals surface area contributed by atoms with Crippen molar-refractivity contribution in [1.82, 2.24) is 0 Å². The van der Waals surface area contributed by atoms with Crippen molar-refractivity contribution < 1.29 is 19.4 Å². The summed E-state index contributed by atoms with van der Waals surface area (Å²) in [7, 11) is 0. The van der Waals surface area contributed by atoms with Gasteiger partial charge in [-0.05, 0) is 13.8 Å². The van der Waals surface area contributed by atoms with Crippen LogP contribution in [0, 0.1) is 0 Å². The van der Waals surface area contributed by atoms with Crippen LogP contribution in [0.15, 0.2) is 12.2 Å². The predicted molar refractivity (Wildman–Crippen MR) is 42.6 cm³/mol. The molecule has 1 fully saturated rings. The zero-order valence-corrected chi connectivity index (χ0v) is 7.16. The van der Waals surface area contributed by atoms with E-state index in [0.717, 1.165) is 0 Å². The van der Waals surface area contributed by atoms with Gasteiger partial charge in [0.05, 0.1) is 6.42 Å². The average Bonchev–Trinajstić information content (AvgIpc) is 1.86. The standard InChI is InChI=1S/2C4H6O2/c1-3-2-4(5)6-3;1-3(2)4(5)6/h3H,2H2,1H3;1H2,2H3,(H,5,6). The molecule has 12 heavy (non-hydrogen) atoms. The van der Waals surface area contributed by atoms with Crippen molar-refractivity contribution in [1.29, 1.82) is 0 Å². The molecule has 0 spiro atoms. The van der Waals surface area contributed by atoms with Gasteiger partial charge in [-0.15, -0.1) is 0 Å². The van der Waals surface area contributed by atoms with Gasteiger partial charge in [0.25, 0.3) is 0 Å². The molecule has 0 aliphatic carbocycles. The molecule has 0 aromatic heterocycles. The third-order valence-corrected chi connectivity index (χ3v) is 1.15. The van der Waals surface area contributed by atoms with E-state index in [4.69, 9.17) is 5.11 Å². The third kappa shape index (κ3) is 4.49. The summed E-state index contributed by atoms with van der Waals surface area (Å²) in [6, 6.07) is 0. The van der Waals surface area contributed by atoms with Crippen LogP contribution in [-0.4, -0.2) is 23.1 Å². The molecule has 0 aromatic carbocycles. The Morgan fingerprint density at radius 3 is 2.08 bits per heavy atom. The number of carbonyl (C=O) groups excluding carboxylic acids is 1. The van der Waals surface area contributed by atoms with Crippen molar-refractivity contribution >= 4 is 11.9 Å². The van der Waals surface area contributed by atoms with Crippen LogP contribution in [0.4, 0.5) is 0 Å². The van der Waals surface area contributed by atoms with Gasteiger partial charge in [0.15, 0.2) is 0 Å². The molecule has 1 aliphatic heterocycles. The van der Waals surface area contributed by atoms with Crippen LogP contribution in [0.3, 0.4) is 0 Å². The molecule has 0 saturated carbocycles. The van der Waals surface area contributed by atoms with Crippen LogP contribution in [-0.2, 0) is 14.3 Å². The van der Waals surface area contributed by atoms with E-state index < -0.39 is 5.97 Å². The molecule has 1 N–H and O–H groups in total. The quantitative estimate of drug-likeness (QED) is 0.472. The number of hydrogen-bond acceptors (Lipinski definition) is 3. The SMILES string of the molecule is C=C(C)C(=O)O.CC1CC(=O)O1. The number of hydrogen-bond donors (Lipinski definition) is 1. The molecule has 1 atom stereocenters. The van der Waals surface area contributed by atoms with Crippen molar-refractivity contribution in [2.45, 2.75) is 26.4 Å². The molecule has 4 heteroatoms. The Hall–Kier alpha value is -1.32. The summed E-state index contributed by atoms with van der Waals surface area (Å²) in [6.45, 7) is 6.48. The van der Waals surface area contributed by atoms with Crippen LogP contribution < -0.4 is 0 Å². The lowest BCUT2D eigenvalue weighted by Gasteiger charge is -2.20. The van der Waals surface area contributed by atoms with Gasteiger partial charge in [-0.25, -0.2) is 4.79 Å². The highest BCUT2D eigenvalue weighted by Gasteiger charge is 2.22. The predicted octanol–water partition coefficient (Wildman–Crippen LogP) is 0.969. The summed E-state index contributed by atoms with van der Waals surface area (Å²) >= 11 is 0. The third-order valence-electron chi connectivity index (χ3n) is 1.15. The number of cyclic esters (lactones) is 1. The Bertz CT molecular complexity index is 187. The summed E-state index contributed by atoms with van der Waals surface area (Å²) in [5.74, 6) is -1.00. The van der Waals surface area contributed by atoms with E-state index in [-0.39, 0.29) is 17.6 Å². The summed E-state index contributed by atoms with van der Waals surface area (Å²) in [6.07, 6.45) is 0.803.